The Morgan fingerprint density at radius 1 is 1.17 bits per heavy atom. The molecule has 2 aromatic carbocycles. The molecule has 3 rings (SSSR count). The Morgan fingerprint density at radius 2 is 1.88 bits per heavy atom. The highest BCUT2D eigenvalue weighted by atomic mass is 32.2. The number of anilines is 1. The minimum absolute atomic E-state index is 0.0144. The van der Waals surface area contributed by atoms with E-state index < -0.39 is 5.97 Å². The van der Waals surface area contributed by atoms with Gasteiger partial charge in [0.25, 0.3) is 0 Å². The quantitative estimate of drug-likeness (QED) is 0.624. The summed E-state index contributed by atoms with van der Waals surface area (Å²) in [6.07, 6.45) is 0.0144. The Balaban J connectivity index is 1.61. The van der Waals surface area contributed by atoms with Crippen LogP contribution in [0.25, 0.3) is 10.6 Å². The molecule has 1 aromatic heterocycles. The molecule has 7 heteroatoms. The number of hydrogen-bond donors (Lipinski definition) is 2. The third-order valence-electron chi connectivity index (χ3n) is 3.16. The Morgan fingerprint density at radius 3 is 2.54 bits per heavy atom. The van der Waals surface area contributed by atoms with Gasteiger partial charge < -0.3 is 9.83 Å². The van der Waals surface area contributed by atoms with Crippen LogP contribution in [0.3, 0.4) is 0 Å². The van der Waals surface area contributed by atoms with E-state index in [9.17, 15) is 9.18 Å². The van der Waals surface area contributed by atoms with Crippen LogP contribution in [0, 0.1) is 5.82 Å². The van der Waals surface area contributed by atoms with Gasteiger partial charge in [-0.25, -0.2) is 9.37 Å². The average molecular weight is 360 g/mol. The summed E-state index contributed by atoms with van der Waals surface area (Å²) in [4.78, 5) is 15.2. The number of hydrogen-bond acceptors (Lipinski definition) is 5. The van der Waals surface area contributed by atoms with E-state index in [-0.39, 0.29) is 12.2 Å². The Bertz CT molecular complexity index is 833. The van der Waals surface area contributed by atoms with E-state index in [2.05, 4.69) is 9.71 Å². The van der Waals surface area contributed by atoms with E-state index in [1.165, 1.54) is 35.4 Å². The normalized spacial score (nSPS) is 10.5. The number of carboxylic acid groups (broad SMARTS) is 1. The molecule has 0 aliphatic carbocycles. The topological polar surface area (TPSA) is 62.2 Å². The van der Waals surface area contributed by atoms with Crippen molar-refractivity contribution in [3.05, 3.63) is 65.3 Å². The second kappa shape index (κ2) is 7.46. The van der Waals surface area contributed by atoms with Crippen molar-refractivity contribution in [1.82, 2.24) is 4.98 Å². The van der Waals surface area contributed by atoms with Gasteiger partial charge in [-0.05, 0) is 42.0 Å². The molecule has 0 atom stereocenters. The standard InChI is InChI=1S/C17H13FN2O2S2/c18-13-5-3-12(4-6-13)17-19-15(10-23-17)24-20-14-7-1-11(2-8-14)9-16(21)22/h1-8,10,20H,9H2,(H,21,22). The molecule has 0 radical (unpaired) electrons. The summed E-state index contributed by atoms with van der Waals surface area (Å²) in [6.45, 7) is 0. The summed E-state index contributed by atoms with van der Waals surface area (Å²) >= 11 is 2.86. The highest BCUT2D eigenvalue weighted by Gasteiger charge is 2.06. The highest BCUT2D eigenvalue weighted by Crippen LogP contribution is 2.29. The van der Waals surface area contributed by atoms with Gasteiger partial charge in [0.2, 0.25) is 0 Å². The lowest BCUT2D eigenvalue weighted by atomic mass is 10.1. The molecule has 0 saturated carbocycles. The Hall–Kier alpha value is -2.38. The van der Waals surface area contributed by atoms with Gasteiger partial charge in [-0.1, -0.05) is 12.1 Å². The fourth-order valence-electron chi connectivity index (χ4n) is 2.01. The Labute approximate surface area is 146 Å². The van der Waals surface area contributed by atoms with Crippen molar-refractivity contribution < 1.29 is 14.3 Å². The first kappa shape index (κ1) is 16.5. The van der Waals surface area contributed by atoms with Crippen molar-refractivity contribution in [3.8, 4) is 10.6 Å². The summed E-state index contributed by atoms with van der Waals surface area (Å²) in [7, 11) is 0. The van der Waals surface area contributed by atoms with Gasteiger partial charge in [0.15, 0.2) is 0 Å². The van der Waals surface area contributed by atoms with Gasteiger partial charge in [0.05, 0.1) is 6.42 Å². The van der Waals surface area contributed by atoms with Crippen LogP contribution in [-0.2, 0) is 11.2 Å². The van der Waals surface area contributed by atoms with Gasteiger partial charge in [-0.3, -0.25) is 4.79 Å². The minimum Gasteiger partial charge on any atom is -0.481 e. The lowest BCUT2D eigenvalue weighted by Crippen LogP contribution is -1.99. The lowest BCUT2D eigenvalue weighted by molar-refractivity contribution is -0.136. The van der Waals surface area contributed by atoms with Crippen LogP contribution in [-0.4, -0.2) is 16.1 Å². The van der Waals surface area contributed by atoms with Gasteiger partial charge in [0.1, 0.15) is 15.9 Å². The molecular weight excluding hydrogens is 347 g/mol. The van der Waals surface area contributed by atoms with Gasteiger partial charge in [0, 0.05) is 28.6 Å². The first-order valence-corrected chi connectivity index (χ1v) is 8.75. The van der Waals surface area contributed by atoms with Crippen molar-refractivity contribution in [1.29, 1.82) is 0 Å². The number of halogens is 1. The van der Waals surface area contributed by atoms with Gasteiger partial charge >= 0.3 is 5.97 Å². The van der Waals surface area contributed by atoms with E-state index in [4.69, 9.17) is 5.11 Å². The molecule has 0 unspecified atom stereocenters. The number of aliphatic carboxylic acids is 1. The summed E-state index contributed by atoms with van der Waals surface area (Å²) in [5.41, 5.74) is 2.50. The zero-order valence-electron chi connectivity index (χ0n) is 12.4. The molecular formula is C17H13FN2O2S2. The monoisotopic (exact) mass is 360 g/mol. The predicted molar refractivity (Wildman–Crippen MR) is 94.8 cm³/mol. The molecule has 0 bridgehead atoms. The van der Waals surface area contributed by atoms with Crippen LogP contribution in [0.5, 0.6) is 0 Å². The zero-order valence-corrected chi connectivity index (χ0v) is 14.0. The molecule has 0 saturated heterocycles. The van der Waals surface area contributed by atoms with E-state index >= 15 is 0 Å². The molecule has 122 valence electrons. The third-order valence-corrected chi connectivity index (χ3v) is 4.95. The molecule has 2 N–H and O–H groups in total. The van der Waals surface area contributed by atoms with Crippen LogP contribution in [0.15, 0.2) is 58.9 Å². The largest absolute Gasteiger partial charge is 0.481 e. The number of thiazole rings is 1. The smallest absolute Gasteiger partial charge is 0.307 e. The lowest BCUT2D eigenvalue weighted by Gasteiger charge is -2.04. The van der Waals surface area contributed by atoms with Crippen LogP contribution in [0.1, 0.15) is 5.56 Å². The van der Waals surface area contributed by atoms with Crippen LogP contribution in [0.2, 0.25) is 0 Å². The fourth-order valence-corrected chi connectivity index (χ4v) is 3.59. The predicted octanol–water partition coefficient (Wildman–Crippen LogP) is 4.70. The zero-order chi connectivity index (χ0) is 16.9. The first-order chi connectivity index (χ1) is 11.6. The fraction of sp³-hybridized carbons (Fsp3) is 0.0588. The van der Waals surface area contributed by atoms with E-state index in [0.717, 1.165) is 26.8 Å². The van der Waals surface area contributed by atoms with E-state index in [1.807, 2.05) is 17.5 Å². The molecule has 24 heavy (non-hydrogen) atoms. The van der Waals surface area contributed by atoms with Crippen LogP contribution >= 0.6 is 23.3 Å². The number of aromatic nitrogens is 1. The molecule has 1 heterocycles. The minimum atomic E-state index is -0.846. The third kappa shape index (κ3) is 4.33. The maximum absolute atomic E-state index is 13.0. The maximum Gasteiger partial charge on any atom is 0.307 e. The van der Waals surface area contributed by atoms with E-state index in [1.54, 1.807) is 24.3 Å². The molecule has 3 aromatic rings. The van der Waals surface area contributed by atoms with E-state index in [0.29, 0.717) is 0 Å². The second-order valence-corrected chi connectivity index (χ2v) is 6.65. The second-order valence-electron chi connectivity index (χ2n) is 4.97. The van der Waals surface area contributed by atoms with Gasteiger partial charge in [-0.15, -0.1) is 11.3 Å². The number of rotatable bonds is 6. The number of carbonyl (C=O) groups is 1. The molecule has 0 spiro atoms. The molecule has 0 fully saturated rings. The van der Waals surface area contributed by atoms with Crippen molar-refractivity contribution >= 4 is 34.9 Å². The maximum atomic E-state index is 13.0. The number of nitrogens with zero attached hydrogens (tertiary/aromatic N) is 1. The van der Waals surface area contributed by atoms with Gasteiger partial charge in [-0.2, -0.15) is 0 Å². The molecule has 0 aliphatic rings. The van der Waals surface area contributed by atoms with Crippen molar-refractivity contribution in [3.63, 3.8) is 0 Å². The van der Waals surface area contributed by atoms with Crippen molar-refractivity contribution in [2.75, 3.05) is 4.72 Å². The number of carboxylic acids is 1. The van der Waals surface area contributed by atoms with Crippen LogP contribution in [0.4, 0.5) is 10.1 Å². The summed E-state index contributed by atoms with van der Waals surface area (Å²) in [5.74, 6) is -1.11. The summed E-state index contributed by atoms with van der Waals surface area (Å²) < 4.78 is 16.1. The SMILES string of the molecule is O=C(O)Cc1ccc(NSc2csc(-c3ccc(F)cc3)n2)cc1. The Kier molecular flexibility index (Phi) is 5.12. The number of benzene rings is 2. The van der Waals surface area contributed by atoms with Crippen molar-refractivity contribution in [2.45, 2.75) is 11.4 Å². The summed E-state index contributed by atoms with van der Waals surface area (Å²) in [6, 6.07) is 13.5. The summed E-state index contributed by atoms with van der Waals surface area (Å²) in [5, 5.41) is 12.3. The molecule has 0 aliphatic heterocycles. The molecule has 4 nitrogen and oxygen atoms in total. The molecule has 0 amide bonds. The van der Waals surface area contributed by atoms with Crippen LogP contribution < -0.4 is 4.72 Å². The highest BCUT2D eigenvalue weighted by molar-refractivity contribution is 8.00. The average Bonchev–Trinajstić information content (AvgIpc) is 3.03. The number of nitrogens with one attached hydrogen (secondary N) is 1. The first-order valence-electron chi connectivity index (χ1n) is 7.05. The van der Waals surface area contributed by atoms with Crippen molar-refractivity contribution in [2.24, 2.45) is 0 Å².